The minimum atomic E-state index is -0.767. The maximum Gasteiger partial charge on any atom is 0.263 e. The first-order valence-corrected chi connectivity index (χ1v) is 10.6. The molecule has 8 heteroatoms. The second-order valence-corrected chi connectivity index (χ2v) is 9.32. The molecule has 1 aliphatic heterocycles. The summed E-state index contributed by atoms with van der Waals surface area (Å²) in [5.74, 6) is 0.362. The highest BCUT2D eigenvalue weighted by Gasteiger charge is 2.65. The topological polar surface area (TPSA) is 98.7 Å². The van der Waals surface area contributed by atoms with Crippen molar-refractivity contribution in [2.75, 3.05) is 6.54 Å². The Labute approximate surface area is 181 Å². The van der Waals surface area contributed by atoms with Crippen molar-refractivity contribution in [3.8, 4) is 0 Å². The Morgan fingerprint density at radius 3 is 2.23 bits per heavy atom. The third-order valence-electron chi connectivity index (χ3n) is 7.71. The number of piperazine rings is 1. The van der Waals surface area contributed by atoms with Crippen LogP contribution >= 0.6 is 12.4 Å². The Morgan fingerprint density at radius 1 is 1.07 bits per heavy atom. The Hall–Kier alpha value is -1.96. The predicted molar refractivity (Wildman–Crippen MR) is 111 cm³/mol. The molecule has 3 amide bonds. The molecule has 5 fully saturated rings. The van der Waals surface area contributed by atoms with Gasteiger partial charge < -0.3 is 0 Å². The van der Waals surface area contributed by atoms with Crippen LogP contribution in [0.2, 0.25) is 0 Å². The number of nitrogens with one attached hydrogen (secondary N) is 2. The van der Waals surface area contributed by atoms with E-state index in [0.29, 0.717) is 18.3 Å². The van der Waals surface area contributed by atoms with Crippen LogP contribution in [-0.4, -0.2) is 46.0 Å². The zero-order chi connectivity index (χ0) is 20.2. The van der Waals surface area contributed by atoms with E-state index in [1.807, 2.05) is 30.3 Å². The third kappa shape index (κ3) is 3.24. The van der Waals surface area contributed by atoms with Gasteiger partial charge in [-0.1, -0.05) is 30.3 Å². The summed E-state index contributed by atoms with van der Waals surface area (Å²) >= 11 is 0. The molecule has 7 nitrogen and oxygen atoms in total. The van der Waals surface area contributed by atoms with Gasteiger partial charge in [0.15, 0.2) is 0 Å². The fraction of sp³-hybridized carbons (Fsp3) is 0.591. The summed E-state index contributed by atoms with van der Waals surface area (Å²) < 4.78 is 0. The summed E-state index contributed by atoms with van der Waals surface area (Å²) in [4.78, 5) is 39.9. The van der Waals surface area contributed by atoms with Crippen LogP contribution in [0.4, 0.5) is 0 Å². The van der Waals surface area contributed by atoms with Crippen molar-refractivity contribution in [3.05, 3.63) is 35.9 Å². The van der Waals surface area contributed by atoms with Gasteiger partial charge >= 0.3 is 0 Å². The van der Waals surface area contributed by atoms with E-state index < -0.39 is 24.0 Å². The summed E-state index contributed by atoms with van der Waals surface area (Å²) in [5.41, 5.74) is 1.81. The van der Waals surface area contributed by atoms with Crippen molar-refractivity contribution in [2.45, 2.75) is 50.1 Å². The number of nitrogens with zero attached hydrogens (tertiary/aromatic N) is 1. The van der Waals surface area contributed by atoms with Gasteiger partial charge in [-0.15, -0.1) is 12.4 Å². The quantitative estimate of drug-likeness (QED) is 0.381. The summed E-state index contributed by atoms with van der Waals surface area (Å²) in [5, 5.41) is 12.5. The molecule has 4 aliphatic carbocycles. The van der Waals surface area contributed by atoms with Crippen molar-refractivity contribution in [1.82, 2.24) is 15.7 Å². The first-order chi connectivity index (χ1) is 14.0. The van der Waals surface area contributed by atoms with Crippen molar-refractivity contribution in [2.24, 2.45) is 23.7 Å². The molecule has 162 valence electrons. The van der Waals surface area contributed by atoms with Gasteiger partial charge in [0.05, 0.1) is 6.04 Å². The molecule has 1 heterocycles. The lowest BCUT2D eigenvalue weighted by Gasteiger charge is -2.63. The van der Waals surface area contributed by atoms with Gasteiger partial charge in [0.2, 0.25) is 5.91 Å². The standard InChI is InChI=1S/C22H27N3O4.ClH/c26-19(24-29)12-25-20(27)18(11-13-4-2-1-3-5-13)23-22(21(25)28)16-7-14-6-15(9-16)10-17(22)8-14;/h1-5,14-18,23,29H,6-12H2,(H,24,26);1H. The van der Waals surface area contributed by atoms with Crippen LogP contribution in [0.15, 0.2) is 30.3 Å². The third-order valence-corrected chi connectivity index (χ3v) is 7.71. The van der Waals surface area contributed by atoms with Crippen LogP contribution in [0.25, 0.3) is 0 Å². The lowest BCUT2D eigenvalue weighted by atomic mass is 9.47. The van der Waals surface area contributed by atoms with Crippen molar-refractivity contribution in [3.63, 3.8) is 0 Å². The second-order valence-electron chi connectivity index (χ2n) is 9.32. The van der Waals surface area contributed by atoms with E-state index in [4.69, 9.17) is 5.21 Å². The molecular weight excluding hydrogens is 406 g/mol. The van der Waals surface area contributed by atoms with Gasteiger partial charge in [-0.3, -0.25) is 29.8 Å². The van der Waals surface area contributed by atoms with Crippen molar-refractivity contribution >= 4 is 30.1 Å². The predicted octanol–water partition coefficient (Wildman–Crippen LogP) is 1.68. The fourth-order valence-electron chi connectivity index (χ4n) is 6.75. The number of rotatable bonds is 4. The summed E-state index contributed by atoms with van der Waals surface area (Å²) in [6.45, 7) is -0.435. The summed E-state index contributed by atoms with van der Waals surface area (Å²) in [7, 11) is 0. The fourth-order valence-corrected chi connectivity index (χ4v) is 6.75. The molecule has 5 aliphatic rings. The van der Waals surface area contributed by atoms with Gasteiger partial charge in [-0.2, -0.15) is 0 Å². The average Bonchev–Trinajstić information content (AvgIpc) is 2.72. The molecule has 1 spiro atoms. The number of carbonyl (C=O) groups is 3. The molecule has 0 aromatic heterocycles. The number of halogens is 1. The number of imide groups is 1. The largest absolute Gasteiger partial charge is 0.291 e. The Morgan fingerprint density at radius 2 is 1.67 bits per heavy atom. The number of hydrogen-bond acceptors (Lipinski definition) is 5. The van der Waals surface area contributed by atoms with Gasteiger partial charge in [0, 0.05) is 0 Å². The van der Waals surface area contributed by atoms with E-state index in [2.05, 4.69) is 5.32 Å². The normalized spacial score (nSPS) is 36.7. The van der Waals surface area contributed by atoms with Crippen LogP contribution in [0, 0.1) is 23.7 Å². The Balaban J connectivity index is 0.00000218. The van der Waals surface area contributed by atoms with Crippen LogP contribution in [0.1, 0.15) is 37.7 Å². The minimum Gasteiger partial charge on any atom is -0.291 e. The minimum absolute atomic E-state index is 0. The number of hydrogen-bond donors (Lipinski definition) is 3. The molecule has 3 N–H and O–H groups in total. The number of amides is 3. The second kappa shape index (κ2) is 7.94. The molecule has 4 bridgehead atoms. The highest BCUT2D eigenvalue weighted by atomic mass is 35.5. The summed E-state index contributed by atoms with van der Waals surface area (Å²) in [6.07, 6.45) is 5.78. The zero-order valence-corrected chi connectivity index (χ0v) is 17.6. The highest BCUT2D eigenvalue weighted by Crippen LogP contribution is 2.59. The van der Waals surface area contributed by atoms with E-state index in [-0.39, 0.29) is 36.1 Å². The molecular formula is C22H28ClN3O4. The van der Waals surface area contributed by atoms with E-state index >= 15 is 0 Å². The number of carbonyl (C=O) groups excluding carboxylic acids is 3. The zero-order valence-electron chi connectivity index (χ0n) is 16.8. The highest BCUT2D eigenvalue weighted by molar-refractivity contribution is 6.07. The van der Waals surface area contributed by atoms with Crippen molar-refractivity contribution in [1.29, 1.82) is 0 Å². The Bertz CT molecular complexity index is 818. The molecule has 1 aromatic carbocycles. The van der Waals surface area contributed by atoms with E-state index in [0.717, 1.165) is 36.1 Å². The molecule has 6 rings (SSSR count). The van der Waals surface area contributed by atoms with Crippen LogP contribution in [0.5, 0.6) is 0 Å². The van der Waals surface area contributed by atoms with Gasteiger partial charge in [-0.05, 0) is 67.8 Å². The first kappa shape index (κ1) is 21.3. The number of benzene rings is 1. The van der Waals surface area contributed by atoms with Crippen LogP contribution in [-0.2, 0) is 20.8 Å². The van der Waals surface area contributed by atoms with Gasteiger partial charge in [0.1, 0.15) is 12.1 Å². The van der Waals surface area contributed by atoms with Crippen LogP contribution in [0.3, 0.4) is 0 Å². The lowest BCUT2D eigenvalue weighted by molar-refractivity contribution is -0.175. The maximum atomic E-state index is 13.7. The lowest BCUT2D eigenvalue weighted by Crippen LogP contribution is -2.79. The molecule has 1 atom stereocenters. The van der Waals surface area contributed by atoms with Gasteiger partial charge in [-0.25, -0.2) is 5.48 Å². The maximum absolute atomic E-state index is 13.7. The van der Waals surface area contributed by atoms with Gasteiger partial charge in [0.25, 0.3) is 11.8 Å². The van der Waals surface area contributed by atoms with E-state index in [1.165, 1.54) is 6.42 Å². The van der Waals surface area contributed by atoms with E-state index in [9.17, 15) is 14.4 Å². The first-order valence-electron chi connectivity index (χ1n) is 10.6. The smallest absolute Gasteiger partial charge is 0.263 e. The van der Waals surface area contributed by atoms with Crippen LogP contribution < -0.4 is 10.8 Å². The SMILES string of the molecule is Cl.O=C(CN1C(=O)C(Cc2ccccc2)NC2(C1=O)C1CC3CC(C1)CC2C3)NO. The average molecular weight is 434 g/mol. The summed E-state index contributed by atoms with van der Waals surface area (Å²) in [6, 6.07) is 9.19. The Kier molecular flexibility index (Phi) is 5.64. The molecule has 1 unspecified atom stereocenters. The molecule has 1 aromatic rings. The molecule has 30 heavy (non-hydrogen) atoms. The molecule has 1 saturated heterocycles. The van der Waals surface area contributed by atoms with E-state index in [1.54, 1.807) is 5.48 Å². The molecule has 0 radical (unpaired) electrons. The molecule has 4 saturated carbocycles. The monoisotopic (exact) mass is 433 g/mol. The number of hydroxylamine groups is 1. The van der Waals surface area contributed by atoms with Crippen molar-refractivity contribution < 1.29 is 19.6 Å².